The maximum Gasteiger partial charge on any atom is 0.122 e. The highest BCUT2D eigenvalue weighted by Crippen LogP contribution is 2.28. The Morgan fingerprint density at radius 1 is 1.17 bits per heavy atom. The fourth-order valence-corrected chi connectivity index (χ4v) is 1.77. The van der Waals surface area contributed by atoms with Crippen LogP contribution in [-0.4, -0.2) is 33.4 Å². The van der Waals surface area contributed by atoms with Crippen LogP contribution < -0.4 is 10.1 Å². The minimum atomic E-state index is 0.544. The minimum absolute atomic E-state index is 0.544. The predicted octanol–water partition coefficient (Wildman–Crippen LogP) is 2.81. The van der Waals surface area contributed by atoms with Gasteiger partial charge >= 0.3 is 0 Å². The molecule has 1 atom stereocenters. The Hall–Kier alpha value is -1.06. The van der Waals surface area contributed by atoms with Crippen LogP contribution in [-0.2, 0) is 4.74 Å². The lowest BCUT2D eigenvalue weighted by molar-refractivity contribution is 0.196. The van der Waals surface area contributed by atoms with Crippen LogP contribution in [0.25, 0.3) is 0 Å². The average molecular weight is 251 g/mol. The molecule has 18 heavy (non-hydrogen) atoms. The van der Waals surface area contributed by atoms with Crippen molar-refractivity contribution in [1.29, 1.82) is 0 Å². The standard InChI is InChI=1S/C15H25NO2/c1-4-13(2)14-7-5-6-8-15(14)18-12-10-16-9-11-17-3/h5-8,13,16H,4,9-12H2,1-3H3. The summed E-state index contributed by atoms with van der Waals surface area (Å²) < 4.78 is 10.8. The average Bonchev–Trinajstić information content (AvgIpc) is 2.42. The normalized spacial score (nSPS) is 12.4. The van der Waals surface area contributed by atoms with E-state index in [0.29, 0.717) is 12.5 Å². The molecular weight excluding hydrogens is 226 g/mol. The van der Waals surface area contributed by atoms with E-state index in [4.69, 9.17) is 9.47 Å². The number of hydrogen-bond donors (Lipinski definition) is 1. The molecule has 0 aliphatic rings. The third-order valence-corrected chi connectivity index (χ3v) is 3.08. The van der Waals surface area contributed by atoms with Crippen molar-refractivity contribution in [2.24, 2.45) is 0 Å². The lowest BCUT2D eigenvalue weighted by Crippen LogP contribution is -2.24. The van der Waals surface area contributed by atoms with Crippen LogP contribution in [0.1, 0.15) is 31.7 Å². The summed E-state index contributed by atoms with van der Waals surface area (Å²) in [5.41, 5.74) is 1.30. The molecule has 0 fully saturated rings. The highest BCUT2D eigenvalue weighted by Gasteiger charge is 2.08. The van der Waals surface area contributed by atoms with Gasteiger partial charge in [-0.05, 0) is 24.0 Å². The number of methoxy groups -OCH3 is 1. The van der Waals surface area contributed by atoms with Gasteiger partial charge in [-0.3, -0.25) is 0 Å². The number of ether oxygens (including phenoxy) is 2. The first-order valence-corrected chi connectivity index (χ1v) is 6.71. The molecule has 1 aromatic rings. The van der Waals surface area contributed by atoms with Gasteiger partial charge in [0.1, 0.15) is 12.4 Å². The molecule has 3 heteroatoms. The van der Waals surface area contributed by atoms with Crippen LogP contribution in [0.15, 0.2) is 24.3 Å². The lowest BCUT2D eigenvalue weighted by atomic mass is 9.98. The molecule has 1 rings (SSSR count). The zero-order chi connectivity index (χ0) is 13.2. The molecule has 0 amide bonds. The van der Waals surface area contributed by atoms with Gasteiger partial charge in [0.2, 0.25) is 0 Å². The molecule has 0 aliphatic carbocycles. The van der Waals surface area contributed by atoms with Crippen molar-refractivity contribution in [2.45, 2.75) is 26.2 Å². The monoisotopic (exact) mass is 251 g/mol. The van der Waals surface area contributed by atoms with Gasteiger partial charge in [-0.2, -0.15) is 0 Å². The zero-order valence-electron chi connectivity index (χ0n) is 11.7. The molecule has 0 saturated carbocycles. The van der Waals surface area contributed by atoms with Gasteiger partial charge in [0, 0.05) is 20.2 Å². The van der Waals surface area contributed by atoms with Crippen LogP contribution in [0, 0.1) is 0 Å². The van der Waals surface area contributed by atoms with E-state index in [9.17, 15) is 0 Å². The second kappa shape index (κ2) is 8.95. The van der Waals surface area contributed by atoms with Gasteiger partial charge in [0.05, 0.1) is 6.61 Å². The first-order valence-electron chi connectivity index (χ1n) is 6.71. The summed E-state index contributed by atoms with van der Waals surface area (Å²) in [5.74, 6) is 1.56. The fraction of sp³-hybridized carbons (Fsp3) is 0.600. The highest BCUT2D eigenvalue weighted by atomic mass is 16.5. The van der Waals surface area contributed by atoms with Gasteiger partial charge in [0.25, 0.3) is 0 Å². The van der Waals surface area contributed by atoms with E-state index in [1.54, 1.807) is 7.11 Å². The molecule has 1 unspecified atom stereocenters. The van der Waals surface area contributed by atoms with E-state index in [-0.39, 0.29) is 0 Å². The fourth-order valence-electron chi connectivity index (χ4n) is 1.77. The second-order valence-electron chi connectivity index (χ2n) is 4.44. The number of nitrogens with one attached hydrogen (secondary N) is 1. The van der Waals surface area contributed by atoms with E-state index in [1.807, 2.05) is 6.07 Å². The molecule has 1 N–H and O–H groups in total. The molecule has 0 saturated heterocycles. The van der Waals surface area contributed by atoms with Crippen LogP contribution in [0.3, 0.4) is 0 Å². The van der Waals surface area contributed by atoms with E-state index in [2.05, 4.69) is 37.4 Å². The van der Waals surface area contributed by atoms with Crippen molar-refractivity contribution in [3.8, 4) is 5.75 Å². The van der Waals surface area contributed by atoms with Gasteiger partial charge in [0.15, 0.2) is 0 Å². The van der Waals surface area contributed by atoms with Crippen LogP contribution in [0.4, 0.5) is 0 Å². The molecule has 0 bridgehead atoms. The van der Waals surface area contributed by atoms with Crippen molar-refractivity contribution >= 4 is 0 Å². The zero-order valence-corrected chi connectivity index (χ0v) is 11.7. The number of rotatable bonds is 9. The van der Waals surface area contributed by atoms with Crippen LogP contribution in [0.2, 0.25) is 0 Å². The first-order chi connectivity index (χ1) is 8.79. The first kappa shape index (κ1) is 15.0. The van der Waals surface area contributed by atoms with Gasteiger partial charge < -0.3 is 14.8 Å². The number of hydrogen-bond acceptors (Lipinski definition) is 3. The molecule has 0 aromatic heterocycles. The molecule has 3 nitrogen and oxygen atoms in total. The second-order valence-corrected chi connectivity index (χ2v) is 4.44. The van der Waals surface area contributed by atoms with E-state index in [0.717, 1.165) is 31.9 Å². The quantitative estimate of drug-likeness (QED) is 0.685. The maximum atomic E-state index is 5.84. The van der Waals surface area contributed by atoms with E-state index < -0.39 is 0 Å². The molecule has 102 valence electrons. The van der Waals surface area contributed by atoms with Crippen molar-refractivity contribution in [1.82, 2.24) is 5.32 Å². The highest BCUT2D eigenvalue weighted by molar-refractivity contribution is 5.35. The summed E-state index contributed by atoms with van der Waals surface area (Å²) >= 11 is 0. The van der Waals surface area contributed by atoms with Crippen molar-refractivity contribution in [2.75, 3.05) is 33.4 Å². The van der Waals surface area contributed by atoms with E-state index >= 15 is 0 Å². The molecule has 1 aromatic carbocycles. The Morgan fingerprint density at radius 2 is 1.89 bits per heavy atom. The van der Waals surface area contributed by atoms with Gasteiger partial charge in [-0.15, -0.1) is 0 Å². The summed E-state index contributed by atoms with van der Waals surface area (Å²) in [6, 6.07) is 8.31. The Morgan fingerprint density at radius 3 is 2.61 bits per heavy atom. The van der Waals surface area contributed by atoms with Crippen molar-refractivity contribution in [3.05, 3.63) is 29.8 Å². The summed E-state index contributed by atoms with van der Waals surface area (Å²) in [4.78, 5) is 0. The summed E-state index contributed by atoms with van der Waals surface area (Å²) in [5, 5.41) is 3.27. The Balaban J connectivity index is 2.37. The maximum absolute atomic E-state index is 5.84. The number of benzene rings is 1. The SMILES string of the molecule is CCC(C)c1ccccc1OCCNCCOC. The molecule has 0 aliphatic heterocycles. The summed E-state index contributed by atoms with van der Waals surface area (Å²) in [6.45, 7) is 7.58. The summed E-state index contributed by atoms with van der Waals surface area (Å²) in [7, 11) is 1.71. The molecule has 0 heterocycles. The number of para-hydroxylation sites is 1. The summed E-state index contributed by atoms with van der Waals surface area (Å²) in [6.07, 6.45) is 1.13. The third kappa shape index (κ3) is 5.07. The third-order valence-electron chi connectivity index (χ3n) is 3.08. The smallest absolute Gasteiger partial charge is 0.122 e. The molecule has 0 radical (unpaired) electrons. The molecular formula is C15H25NO2. The van der Waals surface area contributed by atoms with Gasteiger partial charge in [-0.1, -0.05) is 32.0 Å². The van der Waals surface area contributed by atoms with E-state index in [1.165, 1.54) is 5.56 Å². The Kier molecular flexibility index (Phi) is 7.46. The van der Waals surface area contributed by atoms with Crippen LogP contribution in [0.5, 0.6) is 5.75 Å². The van der Waals surface area contributed by atoms with Gasteiger partial charge in [-0.25, -0.2) is 0 Å². The minimum Gasteiger partial charge on any atom is -0.492 e. The van der Waals surface area contributed by atoms with Crippen LogP contribution >= 0.6 is 0 Å². The Labute approximate surface area is 110 Å². The predicted molar refractivity (Wildman–Crippen MR) is 75.4 cm³/mol. The topological polar surface area (TPSA) is 30.5 Å². The Bertz CT molecular complexity index is 328. The lowest BCUT2D eigenvalue weighted by Gasteiger charge is -2.15. The largest absolute Gasteiger partial charge is 0.492 e. The van der Waals surface area contributed by atoms with Crippen molar-refractivity contribution < 1.29 is 9.47 Å². The molecule has 0 spiro atoms. The van der Waals surface area contributed by atoms with Crippen molar-refractivity contribution in [3.63, 3.8) is 0 Å².